The van der Waals surface area contributed by atoms with Gasteiger partial charge >= 0.3 is 0 Å². The zero-order valence-corrected chi connectivity index (χ0v) is 25.0. The molecule has 4 fully saturated rings. The number of Topliss-reactive ketones (excluding diaryl/α,β-unsaturated/α-hetero) is 1. The van der Waals surface area contributed by atoms with Gasteiger partial charge in [-0.05, 0) is 70.3 Å². The summed E-state index contributed by atoms with van der Waals surface area (Å²) in [4.78, 5) is 33.3. The van der Waals surface area contributed by atoms with Gasteiger partial charge in [0.1, 0.15) is 5.75 Å². The van der Waals surface area contributed by atoms with E-state index < -0.39 is 18.0 Å². The lowest BCUT2D eigenvalue weighted by molar-refractivity contribution is -0.160. The predicted octanol–water partition coefficient (Wildman–Crippen LogP) is 2.28. The van der Waals surface area contributed by atoms with Crippen LogP contribution in [-0.4, -0.2) is 102 Å². The molecule has 1 saturated carbocycles. The lowest BCUT2D eigenvalue weighted by Crippen LogP contribution is -2.76. The monoisotopic (exact) mass is 596 g/mol. The summed E-state index contributed by atoms with van der Waals surface area (Å²) in [6.07, 6.45) is 5.82. The molecular formula is C31H41ClN6O4. The average molecular weight is 597 g/mol. The molecule has 0 bridgehead atoms. The summed E-state index contributed by atoms with van der Waals surface area (Å²) in [6.45, 7) is 6.93. The Bertz CT molecular complexity index is 1260. The Balaban J connectivity index is 1.24. The maximum atomic E-state index is 14.4. The SMILES string of the molecule is C=CC(=O)N1CCN(C2NC(OCC3CCCN3C)NC3C(=O)[C@]4(CCc5c(Cl)cccc5O4)CCC32)CC1CC#N. The molecular weight excluding hydrogens is 556 g/mol. The Kier molecular flexibility index (Phi) is 8.60. The maximum Gasteiger partial charge on any atom is 0.246 e. The molecule has 1 spiro atoms. The number of carbonyl (C=O) groups excluding carboxylic acids is 2. The summed E-state index contributed by atoms with van der Waals surface area (Å²) in [5.74, 6) is 0.588. The number of hydrogen-bond donors (Lipinski definition) is 2. The van der Waals surface area contributed by atoms with Gasteiger partial charge < -0.3 is 19.3 Å². The van der Waals surface area contributed by atoms with E-state index in [2.05, 4.69) is 40.1 Å². The van der Waals surface area contributed by atoms with Crippen molar-refractivity contribution >= 4 is 23.3 Å². The van der Waals surface area contributed by atoms with Gasteiger partial charge in [-0.3, -0.25) is 25.1 Å². The van der Waals surface area contributed by atoms with E-state index >= 15 is 0 Å². The zero-order valence-electron chi connectivity index (χ0n) is 24.3. The molecule has 4 heterocycles. The fourth-order valence-electron chi connectivity index (χ4n) is 7.70. The van der Waals surface area contributed by atoms with E-state index in [1.807, 2.05) is 18.2 Å². The Hall–Kier alpha value is -2.52. The highest BCUT2D eigenvalue weighted by Crippen LogP contribution is 2.45. The first kappa shape index (κ1) is 29.5. The number of nitriles is 1. The fraction of sp³-hybridized carbons (Fsp3) is 0.645. The van der Waals surface area contributed by atoms with Crippen LogP contribution in [0.4, 0.5) is 0 Å². The van der Waals surface area contributed by atoms with Crippen molar-refractivity contribution in [1.82, 2.24) is 25.3 Å². The van der Waals surface area contributed by atoms with Crippen LogP contribution in [0.25, 0.3) is 0 Å². The number of amides is 1. The third kappa shape index (κ3) is 5.47. The van der Waals surface area contributed by atoms with Crippen LogP contribution in [0.5, 0.6) is 5.75 Å². The number of benzene rings is 1. The number of likely N-dealkylation sites (tertiary alicyclic amines) is 1. The van der Waals surface area contributed by atoms with Gasteiger partial charge in [-0.25, -0.2) is 0 Å². The maximum absolute atomic E-state index is 14.4. The van der Waals surface area contributed by atoms with Crippen molar-refractivity contribution in [2.24, 2.45) is 5.92 Å². The van der Waals surface area contributed by atoms with E-state index in [0.717, 1.165) is 31.4 Å². The fourth-order valence-corrected chi connectivity index (χ4v) is 7.96. The van der Waals surface area contributed by atoms with Gasteiger partial charge in [-0.15, -0.1) is 0 Å². The number of rotatable bonds is 6. The van der Waals surface area contributed by atoms with Crippen LogP contribution in [0.1, 0.15) is 44.1 Å². The van der Waals surface area contributed by atoms with Crippen molar-refractivity contribution in [2.45, 2.75) is 81.2 Å². The van der Waals surface area contributed by atoms with Gasteiger partial charge in [-0.2, -0.15) is 5.26 Å². The Labute approximate surface area is 252 Å². The van der Waals surface area contributed by atoms with Crippen LogP contribution in [0.3, 0.4) is 0 Å². The Morgan fingerprint density at radius 3 is 2.88 bits per heavy atom. The molecule has 11 heteroatoms. The smallest absolute Gasteiger partial charge is 0.246 e. The second-order valence-corrected chi connectivity index (χ2v) is 12.8. The Morgan fingerprint density at radius 2 is 2.12 bits per heavy atom. The number of nitrogens with zero attached hydrogens (tertiary/aromatic N) is 4. The number of fused-ring (bicyclic) bond motifs is 2. The highest BCUT2D eigenvalue weighted by atomic mass is 35.5. The van der Waals surface area contributed by atoms with Gasteiger partial charge in [0.15, 0.2) is 17.7 Å². The number of ketones is 1. The third-order valence-corrected chi connectivity index (χ3v) is 10.4. The first-order valence-electron chi connectivity index (χ1n) is 15.2. The quantitative estimate of drug-likeness (QED) is 0.478. The van der Waals surface area contributed by atoms with E-state index in [0.29, 0.717) is 62.3 Å². The molecule has 0 radical (unpaired) electrons. The molecule has 6 unspecified atom stereocenters. The molecule has 3 saturated heterocycles. The molecule has 42 heavy (non-hydrogen) atoms. The lowest BCUT2D eigenvalue weighted by Gasteiger charge is -2.54. The second-order valence-electron chi connectivity index (χ2n) is 12.4. The molecule has 7 atom stereocenters. The van der Waals surface area contributed by atoms with Crippen molar-refractivity contribution < 1.29 is 19.1 Å². The van der Waals surface area contributed by atoms with Crippen molar-refractivity contribution in [3.05, 3.63) is 41.4 Å². The van der Waals surface area contributed by atoms with Crippen LogP contribution >= 0.6 is 11.6 Å². The van der Waals surface area contributed by atoms with E-state index in [1.165, 1.54) is 6.08 Å². The van der Waals surface area contributed by atoms with Crippen LogP contribution in [-0.2, 0) is 20.7 Å². The zero-order chi connectivity index (χ0) is 29.4. The topological polar surface area (TPSA) is 110 Å². The highest BCUT2D eigenvalue weighted by Gasteiger charge is 2.56. The van der Waals surface area contributed by atoms with Gasteiger partial charge in [0.25, 0.3) is 0 Å². The van der Waals surface area contributed by atoms with Crippen LogP contribution in [0, 0.1) is 17.2 Å². The minimum atomic E-state index is -0.900. The van der Waals surface area contributed by atoms with Gasteiger partial charge in [-0.1, -0.05) is 24.2 Å². The van der Waals surface area contributed by atoms with Crippen molar-refractivity contribution in [2.75, 3.05) is 39.8 Å². The van der Waals surface area contributed by atoms with Gasteiger partial charge in [0.2, 0.25) is 5.91 Å². The molecule has 1 amide bonds. The first-order chi connectivity index (χ1) is 20.3. The van der Waals surface area contributed by atoms with Crippen molar-refractivity contribution in [1.29, 1.82) is 5.26 Å². The largest absolute Gasteiger partial charge is 0.479 e. The summed E-state index contributed by atoms with van der Waals surface area (Å²) in [5, 5.41) is 17.4. The molecule has 4 aliphatic heterocycles. The average Bonchev–Trinajstić information content (AvgIpc) is 3.42. The number of carbonyl (C=O) groups is 2. The van der Waals surface area contributed by atoms with E-state index in [9.17, 15) is 14.9 Å². The molecule has 1 aromatic carbocycles. The first-order valence-corrected chi connectivity index (χ1v) is 15.6. The number of likely N-dealkylation sites (N-methyl/N-ethyl adjacent to an activating group) is 1. The predicted molar refractivity (Wildman–Crippen MR) is 158 cm³/mol. The number of halogens is 1. The van der Waals surface area contributed by atoms with Crippen LogP contribution < -0.4 is 15.4 Å². The summed E-state index contributed by atoms with van der Waals surface area (Å²) >= 11 is 6.45. The number of piperazine rings is 1. The summed E-state index contributed by atoms with van der Waals surface area (Å²) in [6, 6.07) is 7.53. The van der Waals surface area contributed by atoms with Crippen molar-refractivity contribution in [3.63, 3.8) is 0 Å². The van der Waals surface area contributed by atoms with Gasteiger partial charge in [0, 0.05) is 42.2 Å². The number of ether oxygens (including phenoxy) is 2. The van der Waals surface area contributed by atoms with Crippen LogP contribution in [0.2, 0.25) is 5.02 Å². The molecule has 2 N–H and O–H groups in total. The molecule has 226 valence electrons. The normalized spacial score (nSPS) is 35.3. The summed E-state index contributed by atoms with van der Waals surface area (Å²) < 4.78 is 13.0. The molecule has 0 aromatic heterocycles. The highest BCUT2D eigenvalue weighted by molar-refractivity contribution is 6.31. The van der Waals surface area contributed by atoms with Crippen LogP contribution in [0.15, 0.2) is 30.9 Å². The Morgan fingerprint density at radius 1 is 1.26 bits per heavy atom. The molecule has 1 aromatic rings. The van der Waals surface area contributed by atoms with E-state index in [-0.39, 0.29) is 36.2 Å². The van der Waals surface area contributed by atoms with Gasteiger partial charge in [0.05, 0.1) is 37.3 Å². The lowest BCUT2D eigenvalue weighted by atomic mass is 9.69. The number of nitrogens with one attached hydrogen (secondary N) is 2. The van der Waals surface area contributed by atoms with E-state index in [4.69, 9.17) is 21.1 Å². The molecule has 1 aliphatic carbocycles. The minimum Gasteiger partial charge on any atom is -0.479 e. The summed E-state index contributed by atoms with van der Waals surface area (Å²) in [5.41, 5.74) is 0.0655. The standard InChI is InChI=1S/C31H41ClN6O4/c1-3-26(39)38-17-16-37(18-20(38)11-14-33)29-23-10-13-31(12-9-22-24(32)7-4-8-25(22)42-31)28(40)27(23)34-30(35-29)41-19-21-6-5-15-36(21)2/h3-4,7-8,20-21,23,27,29-30,34-35H,1,5-6,9-13,15-19H2,2H3/t20?,21?,23?,27?,29?,30?,31-/m0/s1. The number of hydrogen-bond acceptors (Lipinski definition) is 9. The molecule has 6 rings (SSSR count). The third-order valence-electron chi connectivity index (χ3n) is 10.1. The second kappa shape index (κ2) is 12.2. The molecule has 5 aliphatic rings. The minimum absolute atomic E-state index is 0.0223. The van der Waals surface area contributed by atoms with Crippen molar-refractivity contribution in [3.8, 4) is 11.8 Å². The van der Waals surface area contributed by atoms with E-state index in [1.54, 1.807) is 4.90 Å². The summed E-state index contributed by atoms with van der Waals surface area (Å²) in [7, 11) is 2.12. The molecule has 10 nitrogen and oxygen atoms in total.